The summed E-state index contributed by atoms with van der Waals surface area (Å²) in [6.07, 6.45) is 9.31. The molecule has 1 aromatic heterocycles. The lowest BCUT2D eigenvalue weighted by Crippen LogP contribution is -2.25. The van der Waals surface area contributed by atoms with E-state index >= 15 is 0 Å². The number of nitrogens with zero attached hydrogens (tertiary/aromatic N) is 3. The smallest absolute Gasteiger partial charge is 0.229 e. The first-order valence-corrected chi connectivity index (χ1v) is 17.2. The van der Waals surface area contributed by atoms with Gasteiger partial charge in [0.2, 0.25) is 5.95 Å². The first kappa shape index (κ1) is 30.5. The van der Waals surface area contributed by atoms with Crippen molar-refractivity contribution in [1.29, 1.82) is 0 Å². The van der Waals surface area contributed by atoms with Crippen LogP contribution in [0.2, 0.25) is 5.02 Å². The summed E-state index contributed by atoms with van der Waals surface area (Å²) in [6, 6.07) is 12.2. The minimum atomic E-state index is -1.53. The second-order valence-corrected chi connectivity index (χ2v) is 14.8. The van der Waals surface area contributed by atoms with Crippen molar-refractivity contribution in [2.45, 2.75) is 33.1 Å². The fraction of sp³-hybridized carbons (Fsp3) is 0.344. The van der Waals surface area contributed by atoms with Crippen LogP contribution in [0.1, 0.15) is 32.3 Å². The maximum atomic E-state index is 6.53. The van der Waals surface area contributed by atoms with Gasteiger partial charge in [-0.25, -0.2) is 4.98 Å². The molecule has 7 nitrogen and oxygen atoms in total. The van der Waals surface area contributed by atoms with Crippen LogP contribution < -0.4 is 26.0 Å². The second-order valence-electron chi connectivity index (χ2n) is 10.6. The highest BCUT2D eigenvalue weighted by Crippen LogP contribution is 2.38. The van der Waals surface area contributed by atoms with Crippen molar-refractivity contribution in [3.63, 3.8) is 0 Å². The number of para-hydroxylation sites is 1. The molecule has 41 heavy (non-hydrogen) atoms. The predicted octanol–water partition coefficient (Wildman–Crippen LogP) is 6.94. The number of rotatable bonds is 12. The lowest BCUT2D eigenvalue weighted by atomic mass is 10.1. The molecule has 0 bridgehead atoms. The van der Waals surface area contributed by atoms with E-state index in [-0.39, 0.29) is 0 Å². The maximum absolute atomic E-state index is 6.53. The van der Waals surface area contributed by atoms with Crippen LogP contribution in [0.25, 0.3) is 0 Å². The zero-order chi connectivity index (χ0) is 29.4. The lowest BCUT2D eigenvalue weighted by Gasteiger charge is -2.20. The minimum absolute atomic E-state index is 0.425. The zero-order valence-corrected chi connectivity index (χ0v) is 26.1. The quantitative estimate of drug-likeness (QED) is 0.156. The number of hydrogen-bond donors (Lipinski definition) is 3. The Morgan fingerprint density at radius 3 is 2.59 bits per heavy atom. The number of allylic oxidation sites excluding steroid dienone is 1. The van der Waals surface area contributed by atoms with Crippen molar-refractivity contribution >= 4 is 58.9 Å². The average molecular weight is 591 g/mol. The van der Waals surface area contributed by atoms with E-state index in [0.29, 0.717) is 29.1 Å². The Bertz CT molecular complexity index is 1500. The third kappa shape index (κ3) is 8.30. The summed E-state index contributed by atoms with van der Waals surface area (Å²) in [5.74, 6) is 7.59. The van der Waals surface area contributed by atoms with Gasteiger partial charge in [-0.3, -0.25) is 4.90 Å². The summed E-state index contributed by atoms with van der Waals surface area (Å²) >= 11 is 6.53. The standard InChI is InChI=1S/C32H40ClN6OP/c1-7-13-23(3)35-28-21-27(24(8-2)20-29(28)40-19-18-39-16-11-12-17-39)37-32-34-22-25(33)31(38-32)36-26-14-9-10-15-30(26)41(4,5)6/h9-10,14-15,20-22,35H,3-4,8,11-12,16-19H2,1-2,5-6H3,(H2,34,36,37,38). The summed E-state index contributed by atoms with van der Waals surface area (Å²) in [4.78, 5) is 11.6. The molecule has 1 fully saturated rings. The van der Waals surface area contributed by atoms with Crippen LogP contribution in [0, 0.1) is 11.8 Å². The molecule has 0 atom stereocenters. The van der Waals surface area contributed by atoms with Crippen molar-refractivity contribution < 1.29 is 4.74 Å². The topological polar surface area (TPSA) is 74.3 Å². The molecule has 0 unspecified atom stereocenters. The first-order chi connectivity index (χ1) is 19.7. The monoisotopic (exact) mass is 590 g/mol. The number of halogens is 1. The predicted molar refractivity (Wildman–Crippen MR) is 179 cm³/mol. The molecule has 2 heterocycles. The fourth-order valence-electron chi connectivity index (χ4n) is 4.75. The Labute approximate surface area is 249 Å². The van der Waals surface area contributed by atoms with Gasteiger partial charge in [0.25, 0.3) is 0 Å². The molecular weight excluding hydrogens is 551 g/mol. The third-order valence-corrected chi connectivity index (χ3v) is 8.78. The van der Waals surface area contributed by atoms with Crippen molar-refractivity contribution in [3.05, 3.63) is 65.5 Å². The van der Waals surface area contributed by atoms with Gasteiger partial charge in [-0.2, -0.15) is 4.98 Å². The summed E-state index contributed by atoms with van der Waals surface area (Å²) in [5, 5.41) is 11.7. The van der Waals surface area contributed by atoms with Gasteiger partial charge in [-0.05, 0) is 87.6 Å². The van der Waals surface area contributed by atoms with Gasteiger partial charge >= 0.3 is 0 Å². The summed E-state index contributed by atoms with van der Waals surface area (Å²) < 4.78 is 6.28. The average Bonchev–Trinajstić information content (AvgIpc) is 3.45. The summed E-state index contributed by atoms with van der Waals surface area (Å²) in [5.41, 5.74) is 4.25. The Kier molecular flexibility index (Phi) is 10.4. The number of benzene rings is 2. The number of hydrogen-bond acceptors (Lipinski definition) is 7. The largest absolute Gasteiger partial charge is 0.490 e. The molecule has 0 saturated carbocycles. The van der Waals surface area contributed by atoms with Crippen LogP contribution >= 0.6 is 18.5 Å². The lowest BCUT2D eigenvalue weighted by molar-refractivity contribution is 0.238. The highest BCUT2D eigenvalue weighted by Gasteiger charge is 2.16. The third-order valence-electron chi connectivity index (χ3n) is 6.81. The molecule has 3 aromatic rings. The van der Waals surface area contributed by atoms with Crippen molar-refractivity contribution in [3.8, 4) is 17.6 Å². The van der Waals surface area contributed by atoms with Crippen molar-refractivity contribution in [2.75, 3.05) is 55.5 Å². The molecule has 1 aliphatic heterocycles. The van der Waals surface area contributed by atoms with E-state index in [2.05, 4.69) is 82.9 Å². The van der Waals surface area contributed by atoms with Crippen LogP contribution in [0.4, 0.5) is 28.8 Å². The Balaban J connectivity index is 1.61. The Hall–Kier alpha value is -3.43. The van der Waals surface area contributed by atoms with Crippen LogP contribution in [0.15, 0.2) is 54.9 Å². The molecule has 0 amide bonds. The van der Waals surface area contributed by atoms with Gasteiger partial charge in [0.05, 0.1) is 17.6 Å². The van der Waals surface area contributed by atoms with E-state index in [0.717, 1.165) is 54.4 Å². The second kappa shape index (κ2) is 14.0. The molecule has 1 saturated heterocycles. The van der Waals surface area contributed by atoms with Gasteiger partial charge < -0.3 is 20.7 Å². The molecular formula is C32H40ClN6OP. The zero-order valence-electron chi connectivity index (χ0n) is 24.5. The van der Waals surface area contributed by atoms with E-state index in [9.17, 15) is 0 Å². The maximum Gasteiger partial charge on any atom is 0.229 e. The Morgan fingerprint density at radius 1 is 1.12 bits per heavy atom. The molecule has 2 aromatic carbocycles. The van der Waals surface area contributed by atoms with Gasteiger partial charge in [-0.15, -0.1) is 0 Å². The number of anilines is 5. The number of ether oxygens (including phenoxy) is 1. The minimum Gasteiger partial charge on any atom is -0.490 e. The normalized spacial score (nSPS) is 13.3. The molecule has 1 aliphatic rings. The number of aromatic nitrogens is 2. The van der Waals surface area contributed by atoms with Gasteiger partial charge in [0, 0.05) is 17.9 Å². The molecule has 216 valence electrons. The molecule has 0 aliphatic carbocycles. The van der Waals surface area contributed by atoms with Crippen LogP contribution in [-0.2, 0) is 6.42 Å². The molecule has 4 rings (SSSR count). The number of nitrogens with one attached hydrogen (secondary N) is 3. The van der Waals surface area contributed by atoms with E-state index in [4.69, 9.17) is 21.3 Å². The van der Waals surface area contributed by atoms with Crippen LogP contribution in [-0.4, -0.2) is 60.7 Å². The molecule has 3 N–H and O–H groups in total. The van der Waals surface area contributed by atoms with E-state index in [1.165, 1.54) is 18.1 Å². The first-order valence-electron chi connectivity index (χ1n) is 13.9. The molecule has 9 heteroatoms. The van der Waals surface area contributed by atoms with Crippen molar-refractivity contribution in [1.82, 2.24) is 14.9 Å². The number of likely N-dealkylation sites (tertiary alicyclic amines) is 1. The van der Waals surface area contributed by atoms with E-state index in [1.807, 2.05) is 24.3 Å². The van der Waals surface area contributed by atoms with Gasteiger partial charge in [0.1, 0.15) is 17.4 Å². The highest BCUT2D eigenvalue weighted by atomic mass is 35.5. The van der Waals surface area contributed by atoms with E-state index in [1.54, 1.807) is 13.1 Å². The summed E-state index contributed by atoms with van der Waals surface area (Å²) in [6.45, 7) is 14.6. The van der Waals surface area contributed by atoms with E-state index < -0.39 is 6.89 Å². The molecule has 0 spiro atoms. The van der Waals surface area contributed by atoms with Crippen LogP contribution in [0.3, 0.4) is 0 Å². The fourth-order valence-corrected chi connectivity index (χ4v) is 6.16. The summed E-state index contributed by atoms with van der Waals surface area (Å²) in [7, 11) is 0. The highest BCUT2D eigenvalue weighted by molar-refractivity contribution is 7.79. The van der Waals surface area contributed by atoms with Crippen LogP contribution in [0.5, 0.6) is 5.75 Å². The van der Waals surface area contributed by atoms with Gasteiger partial charge in [0.15, 0.2) is 5.82 Å². The van der Waals surface area contributed by atoms with Crippen molar-refractivity contribution in [2.24, 2.45) is 0 Å². The van der Waals surface area contributed by atoms with Gasteiger partial charge in [-0.1, -0.05) is 62.4 Å². The number of aryl methyl sites for hydroxylation is 1. The SMILES string of the molecule is C=C(C#CC)Nc1cc(Nc2ncc(Cl)c(Nc3ccccc3P(=C)(C)C)n2)c(CC)cc1OCCN1CCCC1. The Morgan fingerprint density at radius 2 is 1.88 bits per heavy atom. The molecule has 0 radical (unpaired) electrons.